The third-order valence-corrected chi connectivity index (χ3v) is 17.0. The van der Waals surface area contributed by atoms with E-state index < -0.39 is 32.2 Å². The Balaban J connectivity index is 1.51. The Hall–Kier alpha value is -3.48. The number of ether oxygens (including phenoxy) is 4. The van der Waals surface area contributed by atoms with Gasteiger partial charge in [-0.2, -0.15) is 10.2 Å². The molecule has 1 amide bonds. The summed E-state index contributed by atoms with van der Waals surface area (Å²) in [5.41, 5.74) is 4.84. The summed E-state index contributed by atoms with van der Waals surface area (Å²) in [5.74, 6) is 1.06. The van der Waals surface area contributed by atoms with Gasteiger partial charge in [0.15, 0.2) is 14.5 Å². The van der Waals surface area contributed by atoms with Crippen molar-refractivity contribution in [3.63, 3.8) is 0 Å². The van der Waals surface area contributed by atoms with Gasteiger partial charge in [-0.25, -0.2) is 14.2 Å². The first-order valence-electron chi connectivity index (χ1n) is 20.9. The van der Waals surface area contributed by atoms with Crippen molar-refractivity contribution in [1.82, 2.24) is 39.2 Å². The van der Waals surface area contributed by atoms with Crippen molar-refractivity contribution in [2.45, 2.75) is 157 Å². The van der Waals surface area contributed by atoms with Crippen molar-refractivity contribution in [3.8, 4) is 23.0 Å². The second-order valence-electron chi connectivity index (χ2n) is 18.3. The van der Waals surface area contributed by atoms with E-state index in [0.717, 1.165) is 62.1 Å². The fraction of sp³-hybridized carbons (Fsp3) is 0.651. The highest BCUT2D eigenvalue weighted by atomic mass is 127. The SMILES string of the molecule is C=Cc1nn(C2CCCCO2)c2c(C)nc(-c3c(C)nn(C)c3OC(C)[C@@H](C)N(Cc3c(I)c(OCC)nn3[C@@H](C)CO[Si](C)(C)C(C)(C)C)C(=O)OC(C)(C)C)cc12. The van der Waals surface area contributed by atoms with Crippen LogP contribution in [0.25, 0.3) is 28.2 Å². The molecule has 0 spiro atoms. The third kappa shape index (κ3) is 10.2. The maximum absolute atomic E-state index is 14.3. The summed E-state index contributed by atoms with van der Waals surface area (Å²) in [4.78, 5) is 21.1. The van der Waals surface area contributed by atoms with Gasteiger partial charge in [-0.3, -0.25) is 14.6 Å². The Morgan fingerprint density at radius 2 is 1.80 bits per heavy atom. The molecule has 2 unspecified atom stereocenters. The van der Waals surface area contributed by atoms with Gasteiger partial charge in [0.05, 0.1) is 75.0 Å². The van der Waals surface area contributed by atoms with E-state index in [1.807, 2.05) is 77.9 Å². The lowest BCUT2D eigenvalue weighted by atomic mass is 10.1. The van der Waals surface area contributed by atoms with E-state index in [4.69, 9.17) is 43.7 Å². The highest BCUT2D eigenvalue weighted by molar-refractivity contribution is 14.1. The number of pyridine rings is 1. The van der Waals surface area contributed by atoms with Crippen molar-refractivity contribution in [2.75, 3.05) is 19.8 Å². The summed E-state index contributed by atoms with van der Waals surface area (Å²) in [6, 6.07) is 1.43. The molecule has 59 heavy (non-hydrogen) atoms. The van der Waals surface area contributed by atoms with Gasteiger partial charge < -0.3 is 23.4 Å². The molecule has 4 aromatic rings. The van der Waals surface area contributed by atoms with Crippen LogP contribution in [0.15, 0.2) is 12.6 Å². The molecule has 5 heterocycles. The van der Waals surface area contributed by atoms with Crippen LogP contribution in [0.5, 0.6) is 11.8 Å². The summed E-state index contributed by atoms with van der Waals surface area (Å²) in [6.45, 7) is 34.6. The van der Waals surface area contributed by atoms with Crippen LogP contribution >= 0.6 is 22.6 Å². The second kappa shape index (κ2) is 18.2. The minimum Gasteiger partial charge on any atom is -0.476 e. The van der Waals surface area contributed by atoms with E-state index in [-0.39, 0.29) is 23.9 Å². The van der Waals surface area contributed by atoms with Crippen molar-refractivity contribution < 1.29 is 28.2 Å². The predicted molar refractivity (Wildman–Crippen MR) is 243 cm³/mol. The molecule has 0 saturated carbocycles. The molecule has 4 aromatic heterocycles. The number of aryl methyl sites for hydroxylation is 3. The number of rotatable bonds is 15. The molecule has 1 aliphatic heterocycles. The van der Waals surface area contributed by atoms with Gasteiger partial charge >= 0.3 is 6.09 Å². The molecule has 0 aliphatic carbocycles. The molecule has 1 aliphatic rings. The smallest absolute Gasteiger partial charge is 0.411 e. The quantitative estimate of drug-likeness (QED) is 0.0838. The van der Waals surface area contributed by atoms with Crippen molar-refractivity contribution in [3.05, 3.63) is 39.0 Å². The molecule has 1 saturated heterocycles. The largest absolute Gasteiger partial charge is 0.476 e. The molecule has 1 fully saturated rings. The van der Waals surface area contributed by atoms with Gasteiger partial charge in [0.2, 0.25) is 11.8 Å². The Morgan fingerprint density at radius 3 is 2.39 bits per heavy atom. The monoisotopic (exact) mass is 946 g/mol. The lowest BCUT2D eigenvalue weighted by Crippen LogP contribution is -2.48. The molecule has 0 N–H and O–H groups in total. The molecule has 16 heteroatoms. The highest BCUT2D eigenvalue weighted by Gasteiger charge is 2.39. The summed E-state index contributed by atoms with van der Waals surface area (Å²) in [6.07, 6.45) is 3.67. The zero-order chi connectivity index (χ0) is 43.8. The predicted octanol–water partition coefficient (Wildman–Crippen LogP) is 10.2. The zero-order valence-electron chi connectivity index (χ0n) is 38.0. The normalized spacial score (nSPS) is 16.8. The first kappa shape index (κ1) is 46.6. The van der Waals surface area contributed by atoms with Crippen LogP contribution in [0, 0.1) is 17.4 Å². The number of fused-ring (bicyclic) bond motifs is 1. The summed E-state index contributed by atoms with van der Waals surface area (Å²) >= 11 is 2.28. The first-order valence-corrected chi connectivity index (χ1v) is 24.9. The molecule has 0 bridgehead atoms. The van der Waals surface area contributed by atoms with E-state index in [1.54, 1.807) is 15.7 Å². The summed E-state index contributed by atoms with van der Waals surface area (Å²) in [7, 11) is -0.189. The molecule has 0 aromatic carbocycles. The molecular formula is C43H67IN8O6Si. The first-order chi connectivity index (χ1) is 27.5. The Labute approximate surface area is 365 Å². The van der Waals surface area contributed by atoms with Crippen LogP contribution in [0.2, 0.25) is 18.1 Å². The summed E-state index contributed by atoms with van der Waals surface area (Å²) in [5, 5.41) is 15.6. The molecule has 5 rings (SSSR count). The van der Waals surface area contributed by atoms with Crippen molar-refractivity contribution in [1.29, 1.82) is 0 Å². The minimum absolute atomic E-state index is 0.0549. The standard InChI is InChI=1S/C43H67IN8O6Si/c1-17-32-31-23-33(45-28(5)38(31)52(47-32)35-21-19-20-22-55-35)36-27(4)46-49(14)40(36)57-30(7)29(6)50(41(53)58-42(8,9)10)24-34-37(44)39(54-18-2)48-51(34)26(3)25-56-59(15,16)43(11,12)13/h17,23,26,29-30,35H,1,18-22,24-25H2,2-16H3/t26-,29+,30?,35?/m0/s1. The summed E-state index contributed by atoms with van der Waals surface area (Å²) < 4.78 is 38.2. The van der Waals surface area contributed by atoms with Crippen LogP contribution in [0.4, 0.5) is 4.79 Å². The number of amides is 1. The highest BCUT2D eigenvalue weighted by Crippen LogP contribution is 2.39. The maximum atomic E-state index is 14.3. The van der Waals surface area contributed by atoms with Crippen LogP contribution < -0.4 is 9.47 Å². The van der Waals surface area contributed by atoms with E-state index in [0.29, 0.717) is 37.3 Å². The van der Waals surface area contributed by atoms with Gasteiger partial charge in [-0.15, -0.1) is 5.10 Å². The topological polar surface area (TPSA) is 133 Å². The lowest BCUT2D eigenvalue weighted by molar-refractivity contribution is -0.0368. The fourth-order valence-corrected chi connectivity index (χ4v) is 8.78. The van der Waals surface area contributed by atoms with Crippen LogP contribution in [0.3, 0.4) is 0 Å². The number of carbonyl (C=O) groups excluding carboxylic acids is 1. The minimum atomic E-state index is -2.05. The lowest BCUT2D eigenvalue weighted by Gasteiger charge is -2.37. The number of hydrogen-bond acceptors (Lipinski definition) is 10. The van der Waals surface area contributed by atoms with E-state index in [9.17, 15) is 4.79 Å². The average molecular weight is 947 g/mol. The van der Waals surface area contributed by atoms with Gasteiger partial charge in [-0.1, -0.05) is 27.4 Å². The van der Waals surface area contributed by atoms with Crippen molar-refractivity contribution >= 4 is 54.0 Å². The van der Waals surface area contributed by atoms with Crippen LogP contribution in [-0.2, 0) is 27.5 Å². The van der Waals surface area contributed by atoms with Gasteiger partial charge in [0.1, 0.15) is 11.7 Å². The van der Waals surface area contributed by atoms with Gasteiger partial charge in [-0.05, 0) is 134 Å². The maximum Gasteiger partial charge on any atom is 0.411 e. The van der Waals surface area contributed by atoms with Crippen LogP contribution in [0.1, 0.15) is 124 Å². The van der Waals surface area contributed by atoms with E-state index >= 15 is 0 Å². The Bertz CT molecular complexity index is 2120. The molecular weight excluding hydrogens is 880 g/mol. The van der Waals surface area contributed by atoms with Gasteiger partial charge in [0, 0.05) is 19.0 Å². The third-order valence-electron chi connectivity index (χ3n) is 11.5. The number of aromatic nitrogens is 7. The molecule has 4 atom stereocenters. The number of nitrogens with zero attached hydrogens (tertiary/aromatic N) is 8. The number of hydrogen-bond donors (Lipinski definition) is 0. The average Bonchev–Trinajstić information content (AvgIpc) is 3.78. The zero-order valence-corrected chi connectivity index (χ0v) is 41.2. The Kier molecular flexibility index (Phi) is 14.4. The molecule has 14 nitrogen and oxygen atoms in total. The van der Waals surface area contributed by atoms with Crippen LogP contribution in [-0.4, -0.2) is 91.2 Å². The van der Waals surface area contributed by atoms with E-state index in [2.05, 4.69) is 70.0 Å². The van der Waals surface area contributed by atoms with Crippen molar-refractivity contribution in [2.24, 2.45) is 7.05 Å². The van der Waals surface area contributed by atoms with E-state index in [1.165, 1.54) is 0 Å². The fourth-order valence-electron chi connectivity index (χ4n) is 7.00. The van der Waals surface area contributed by atoms with Gasteiger partial charge in [0.25, 0.3) is 0 Å². The second-order valence-corrected chi connectivity index (χ2v) is 24.2. The molecule has 326 valence electrons. The Morgan fingerprint density at radius 1 is 1.10 bits per heavy atom. The molecule has 0 radical (unpaired) electrons. The number of halogens is 1. The number of carbonyl (C=O) groups is 1.